The van der Waals surface area contributed by atoms with E-state index in [1.54, 1.807) is 17.0 Å². The first-order valence-electron chi connectivity index (χ1n) is 4.38. The number of rotatable bonds is 1. The van der Waals surface area contributed by atoms with Crippen molar-refractivity contribution in [1.29, 1.82) is 0 Å². The maximum absolute atomic E-state index is 13.4. The van der Waals surface area contributed by atoms with E-state index in [1.165, 1.54) is 6.07 Å². The molecule has 0 N–H and O–H groups in total. The van der Waals surface area contributed by atoms with Gasteiger partial charge in [-0.15, -0.1) is 0 Å². The van der Waals surface area contributed by atoms with E-state index in [-0.39, 0.29) is 11.6 Å². The third-order valence-corrected chi connectivity index (χ3v) is 2.51. The second-order valence-corrected chi connectivity index (χ2v) is 3.74. The summed E-state index contributed by atoms with van der Waals surface area (Å²) in [5, 5.41) is 0.372. The molecule has 1 aromatic carbocycles. The smallest absolute Gasteiger partial charge is 0.153 e. The van der Waals surface area contributed by atoms with Crippen molar-refractivity contribution >= 4 is 23.1 Å². The second-order valence-electron chi connectivity index (χ2n) is 3.31. The zero-order valence-electron chi connectivity index (χ0n) is 7.46. The van der Waals surface area contributed by atoms with Crippen molar-refractivity contribution in [3.05, 3.63) is 29.0 Å². The Morgan fingerprint density at radius 3 is 2.79 bits per heavy atom. The summed E-state index contributed by atoms with van der Waals surface area (Å²) < 4.78 is 13.4. The van der Waals surface area contributed by atoms with E-state index in [0.717, 1.165) is 0 Å². The highest BCUT2D eigenvalue weighted by atomic mass is 35.5. The average Bonchev–Trinajstić information content (AvgIpc) is 2.51. The molecule has 0 amide bonds. The molecular weight excluding hydrogens is 205 g/mol. The Morgan fingerprint density at radius 2 is 2.21 bits per heavy atom. The number of benzene rings is 1. The highest BCUT2D eigenvalue weighted by Gasteiger charge is 2.21. The summed E-state index contributed by atoms with van der Waals surface area (Å²) in [5.41, 5.74) is 0.459. The molecule has 1 heterocycles. The summed E-state index contributed by atoms with van der Waals surface area (Å²) in [5.74, 6) is -0.216. The number of carbonyl (C=O) groups is 1. The van der Waals surface area contributed by atoms with Gasteiger partial charge < -0.3 is 4.90 Å². The molecule has 1 aliphatic heterocycles. The van der Waals surface area contributed by atoms with Crippen molar-refractivity contribution in [3.8, 4) is 0 Å². The Kier molecular flexibility index (Phi) is 2.42. The predicted octanol–water partition coefficient (Wildman–Crippen LogP) is 2.26. The van der Waals surface area contributed by atoms with Gasteiger partial charge in [0, 0.05) is 18.0 Å². The van der Waals surface area contributed by atoms with Gasteiger partial charge >= 0.3 is 0 Å². The Morgan fingerprint density at radius 1 is 1.43 bits per heavy atom. The van der Waals surface area contributed by atoms with Crippen LogP contribution in [-0.4, -0.2) is 18.9 Å². The fourth-order valence-corrected chi connectivity index (χ4v) is 1.73. The number of nitrogens with zero attached hydrogens (tertiary/aromatic N) is 1. The summed E-state index contributed by atoms with van der Waals surface area (Å²) >= 11 is 5.63. The minimum Gasteiger partial charge on any atom is -0.361 e. The average molecular weight is 214 g/mol. The number of Topliss-reactive ketones (excluding diaryl/α,β-unsaturated/α-hetero) is 1. The highest BCUT2D eigenvalue weighted by Crippen LogP contribution is 2.24. The lowest BCUT2D eigenvalue weighted by molar-refractivity contribution is -0.116. The quantitative estimate of drug-likeness (QED) is 0.713. The van der Waals surface area contributed by atoms with Crippen LogP contribution in [0.4, 0.5) is 10.1 Å². The SMILES string of the molecule is O=C1CCN(c2ccc(Cl)cc2F)C1. The minimum atomic E-state index is -0.368. The van der Waals surface area contributed by atoms with Crippen LogP contribution >= 0.6 is 11.6 Å². The molecule has 4 heteroatoms. The van der Waals surface area contributed by atoms with Crippen molar-refractivity contribution in [2.75, 3.05) is 18.0 Å². The fourth-order valence-electron chi connectivity index (χ4n) is 1.57. The Bertz CT molecular complexity index is 380. The Balaban J connectivity index is 2.28. The van der Waals surface area contributed by atoms with Crippen LogP contribution in [0.5, 0.6) is 0 Å². The lowest BCUT2D eigenvalue weighted by Crippen LogP contribution is -2.20. The molecule has 1 fully saturated rings. The molecule has 0 aromatic heterocycles. The first-order chi connectivity index (χ1) is 6.66. The normalized spacial score (nSPS) is 16.4. The lowest BCUT2D eigenvalue weighted by Gasteiger charge is -2.17. The zero-order chi connectivity index (χ0) is 10.1. The van der Waals surface area contributed by atoms with Gasteiger partial charge in [0.1, 0.15) is 5.82 Å². The van der Waals surface area contributed by atoms with Crippen LogP contribution in [0.3, 0.4) is 0 Å². The van der Waals surface area contributed by atoms with Crippen molar-refractivity contribution in [3.63, 3.8) is 0 Å². The maximum Gasteiger partial charge on any atom is 0.153 e. The van der Waals surface area contributed by atoms with Crippen LogP contribution in [0.1, 0.15) is 6.42 Å². The van der Waals surface area contributed by atoms with Crippen LogP contribution in [0, 0.1) is 5.82 Å². The number of hydrogen-bond acceptors (Lipinski definition) is 2. The summed E-state index contributed by atoms with van der Waals surface area (Å²) in [6.07, 6.45) is 0.502. The van der Waals surface area contributed by atoms with Crippen molar-refractivity contribution in [2.24, 2.45) is 0 Å². The molecule has 0 spiro atoms. The molecule has 0 bridgehead atoms. The molecule has 74 valence electrons. The predicted molar refractivity (Wildman–Crippen MR) is 53.2 cm³/mol. The van der Waals surface area contributed by atoms with Gasteiger partial charge in [0.05, 0.1) is 12.2 Å². The fraction of sp³-hybridized carbons (Fsp3) is 0.300. The van der Waals surface area contributed by atoms with Gasteiger partial charge in [-0.2, -0.15) is 0 Å². The van der Waals surface area contributed by atoms with Gasteiger partial charge in [0.2, 0.25) is 0 Å². The van der Waals surface area contributed by atoms with E-state index in [0.29, 0.717) is 30.2 Å². The molecule has 0 saturated carbocycles. The topological polar surface area (TPSA) is 20.3 Å². The molecule has 1 aliphatic rings. The number of carbonyl (C=O) groups excluding carboxylic acids is 1. The van der Waals surface area contributed by atoms with Crippen LogP contribution in [0.25, 0.3) is 0 Å². The molecule has 0 atom stereocenters. The van der Waals surface area contributed by atoms with E-state index in [2.05, 4.69) is 0 Å². The standard InChI is InChI=1S/C10H9ClFNO/c11-7-1-2-10(9(12)5-7)13-4-3-8(14)6-13/h1-2,5H,3-4,6H2. The third kappa shape index (κ3) is 1.73. The summed E-state index contributed by atoms with van der Waals surface area (Å²) in [7, 11) is 0. The monoisotopic (exact) mass is 213 g/mol. The Hall–Kier alpha value is -1.09. The minimum absolute atomic E-state index is 0.152. The van der Waals surface area contributed by atoms with Gasteiger partial charge in [-0.25, -0.2) is 4.39 Å². The molecule has 0 unspecified atom stereocenters. The maximum atomic E-state index is 13.4. The first kappa shape index (κ1) is 9.46. The third-order valence-electron chi connectivity index (χ3n) is 2.28. The molecule has 1 aromatic rings. The van der Waals surface area contributed by atoms with Crippen LogP contribution in [-0.2, 0) is 4.79 Å². The van der Waals surface area contributed by atoms with Crippen molar-refractivity contribution in [1.82, 2.24) is 0 Å². The molecule has 2 rings (SSSR count). The van der Waals surface area contributed by atoms with Crippen molar-refractivity contribution in [2.45, 2.75) is 6.42 Å². The van der Waals surface area contributed by atoms with E-state index in [1.807, 2.05) is 0 Å². The van der Waals surface area contributed by atoms with Gasteiger partial charge in [-0.3, -0.25) is 4.79 Å². The van der Waals surface area contributed by atoms with E-state index in [4.69, 9.17) is 11.6 Å². The largest absolute Gasteiger partial charge is 0.361 e. The van der Waals surface area contributed by atoms with Crippen LogP contribution in [0.15, 0.2) is 18.2 Å². The van der Waals surface area contributed by atoms with E-state index >= 15 is 0 Å². The second kappa shape index (κ2) is 3.58. The summed E-state index contributed by atoms with van der Waals surface area (Å²) in [6.45, 7) is 0.899. The van der Waals surface area contributed by atoms with Crippen LogP contribution < -0.4 is 4.90 Å². The van der Waals surface area contributed by atoms with Crippen molar-refractivity contribution < 1.29 is 9.18 Å². The van der Waals surface area contributed by atoms with Gasteiger partial charge in [0.25, 0.3) is 0 Å². The molecule has 0 radical (unpaired) electrons. The first-order valence-corrected chi connectivity index (χ1v) is 4.76. The van der Waals surface area contributed by atoms with E-state index in [9.17, 15) is 9.18 Å². The van der Waals surface area contributed by atoms with Gasteiger partial charge in [0.15, 0.2) is 5.78 Å². The van der Waals surface area contributed by atoms with E-state index < -0.39 is 0 Å². The number of ketones is 1. The summed E-state index contributed by atoms with van der Waals surface area (Å²) in [6, 6.07) is 4.50. The summed E-state index contributed by atoms with van der Waals surface area (Å²) in [4.78, 5) is 12.7. The molecule has 0 aliphatic carbocycles. The van der Waals surface area contributed by atoms with Crippen LogP contribution in [0.2, 0.25) is 5.02 Å². The Labute approximate surface area is 86.3 Å². The molecular formula is C10H9ClFNO. The molecule has 2 nitrogen and oxygen atoms in total. The number of halogens is 2. The van der Waals surface area contributed by atoms with Gasteiger partial charge in [-0.1, -0.05) is 11.6 Å². The molecule has 1 saturated heterocycles. The number of hydrogen-bond donors (Lipinski definition) is 0. The zero-order valence-corrected chi connectivity index (χ0v) is 8.22. The lowest BCUT2D eigenvalue weighted by atomic mass is 10.3. The molecule has 14 heavy (non-hydrogen) atoms. The highest BCUT2D eigenvalue weighted by molar-refractivity contribution is 6.30. The van der Waals surface area contributed by atoms with Gasteiger partial charge in [-0.05, 0) is 18.2 Å². The number of anilines is 1.